The molecule has 1 aromatic heterocycles. The monoisotopic (exact) mass is 228 g/mol. The molecule has 1 aliphatic heterocycles. The summed E-state index contributed by atoms with van der Waals surface area (Å²) >= 11 is 0. The van der Waals surface area contributed by atoms with Crippen LogP contribution in [0.1, 0.15) is 18.1 Å². The van der Waals surface area contributed by atoms with Crippen molar-refractivity contribution < 1.29 is 4.74 Å². The number of rotatable bonds is 1. The molecule has 2 heterocycles. The van der Waals surface area contributed by atoms with Gasteiger partial charge in [0.15, 0.2) is 0 Å². The Kier molecular flexibility index (Phi) is 2.69. The minimum Gasteiger partial charge on any atom is -0.476 e. The predicted molar refractivity (Wildman–Crippen MR) is 68.3 cm³/mol. The largest absolute Gasteiger partial charge is 0.476 e. The molecule has 0 aliphatic carbocycles. The zero-order valence-corrected chi connectivity index (χ0v) is 9.99. The van der Waals surface area contributed by atoms with E-state index in [4.69, 9.17) is 4.74 Å². The number of pyridine rings is 1. The fraction of sp³-hybridized carbons (Fsp3) is 0.357. The second kappa shape index (κ2) is 4.34. The Morgan fingerprint density at radius 2 is 2.29 bits per heavy atom. The Morgan fingerprint density at radius 1 is 1.35 bits per heavy atom. The van der Waals surface area contributed by atoms with Crippen LogP contribution < -0.4 is 10.1 Å². The summed E-state index contributed by atoms with van der Waals surface area (Å²) in [5.41, 5.74) is 3.52. The Morgan fingerprint density at radius 3 is 3.18 bits per heavy atom. The number of fused-ring (bicyclic) bond motifs is 2. The van der Waals surface area contributed by atoms with E-state index in [1.165, 1.54) is 10.9 Å². The standard InChI is InChI=1S/C14H16N2O/c1-2-10-3-4-13-11(7-10)8-12-9-15-5-6-17-14(12)16-13/h3-4,7-8,15H,2,5-6,9H2,1H3. The molecule has 0 saturated carbocycles. The maximum absolute atomic E-state index is 5.64. The SMILES string of the molecule is CCc1ccc2nc3c(cc2c1)CNCCO3. The highest BCUT2D eigenvalue weighted by Gasteiger charge is 2.11. The van der Waals surface area contributed by atoms with E-state index < -0.39 is 0 Å². The van der Waals surface area contributed by atoms with E-state index in [2.05, 4.69) is 41.5 Å². The number of nitrogens with one attached hydrogen (secondary N) is 1. The van der Waals surface area contributed by atoms with Gasteiger partial charge in [0.1, 0.15) is 6.61 Å². The molecule has 1 aliphatic rings. The predicted octanol–water partition coefficient (Wildman–Crippen LogP) is 2.28. The van der Waals surface area contributed by atoms with E-state index in [0.29, 0.717) is 6.61 Å². The van der Waals surface area contributed by atoms with Gasteiger partial charge in [-0.3, -0.25) is 0 Å². The zero-order valence-electron chi connectivity index (χ0n) is 9.99. The molecule has 3 heteroatoms. The molecule has 88 valence electrons. The highest BCUT2D eigenvalue weighted by atomic mass is 16.5. The number of ether oxygens (including phenoxy) is 1. The van der Waals surface area contributed by atoms with Gasteiger partial charge in [0.05, 0.1) is 5.52 Å². The van der Waals surface area contributed by atoms with Gasteiger partial charge in [-0.1, -0.05) is 13.0 Å². The van der Waals surface area contributed by atoms with Crippen LogP contribution in [0.5, 0.6) is 5.88 Å². The summed E-state index contributed by atoms with van der Waals surface area (Å²) in [5.74, 6) is 0.784. The summed E-state index contributed by atoms with van der Waals surface area (Å²) in [7, 11) is 0. The number of hydrogen-bond donors (Lipinski definition) is 1. The van der Waals surface area contributed by atoms with Gasteiger partial charge in [-0.2, -0.15) is 0 Å². The second-order valence-corrected chi connectivity index (χ2v) is 4.36. The van der Waals surface area contributed by atoms with Crippen molar-refractivity contribution in [3.8, 4) is 5.88 Å². The van der Waals surface area contributed by atoms with Crippen molar-refractivity contribution in [3.63, 3.8) is 0 Å². The van der Waals surface area contributed by atoms with Gasteiger partial charge < -0.3 is 10.1 Å². The number of aryl methyl sites for hydroxylation is 1. The lowest BCUT2D eigenvalue weighted by Crippen LogP contribution is -2.16. The normalized spacial score (nSPS) is 15.1. The molecular formula is C14H16N2O. The summed E-state index contributed by atoms with van der Waals surface area (Å²) < 4.78 is 5.64. The third-order valence-electron chi connectivity index (χ3n) is 3.16. The minimum atomic E-state index is 0.693. The Labute approximate surface area is 101 Å². The summed E-state index contributed by atoms with van der Waals surface area (Å²) in [4.78, 5) is 4.59. The van der Waals surface area contributed by atoms with Gasteiger partial charge in [-0.05, 0) is 30.2 Å². The molecule has 0 fully saturated rings. The van der Waals surface area contributed by atoms with E-state index in [-0.39, 0.29) is 0 Å². The zero-order chi connectivity index (χ0) is 11.7. The van der Waals surface area contributed by atoms with Gasteiger partial charge in [-0.25, -0.2) is 4.98 Å². The van der Waals surface area contributed by atoms with Crippen LogP contribution in [0.25, 0.3) is 10.9 Å². The van der Waals surface area contributed by atoms with Gasteiger partial charge in [0.2, 0.25) is 5.88 Å². The molecule has 0 radical (unpaired) electrons. The molecule has 0 bridgehead atoms. The minimum absolute atomic E-state index is 0.693. The maximum atomic E-state index is 5.64. The fourth-order valence-electron chi connectivity index (χ4n) is 2.17. The highest BCUT2D eigenvalue weighted by molar-refractivity contribution is 5.81. The molecular weight excluding hydrogens is 212 g/mol. The van der Waals surface area contributed by atoms with Crippen LogP contribution >= 0.6 is 0 Å². The van der Waals surface area contributed by atoms with E-state index in [0.717, 1.165) is 36.5 Å². The number of benzene rings is 1. The molecule has 0 saturated heterocycles. The molecule has 3 rings (SSSR count). The van der Waals surface area contributed by atoms with Crippen molar-refractivity contribution in [1.82, 2.24) is 10.3 Å². The Bertz CT molecular complexity index is 551. The maximum Gasteiger partial charge on any atom is 0.218 e. The van der Waals surface area contributed by atoms with Crippen LogP contribution in [-0.2, 0) is 13.0 Å². The smallest absolute Gasteiger partial charge is 0.218 e. The summed E-state index contributed by atoms with van der Waals surface area (Å²) in [6.07, 6.45) is 1.06. The molecule has 17 heavy (non-hydrogen) atoms. The van der Waals surface area contributed by atoms with Gasteiger partial charge >= 0.3 is 0 Å². The molecule has 0 unspecified atom stereocenters. The van der Waals surface area contributed by atoms with Gasteiger partial charge in [0, 0.05) is 24.0 Å². The summed E-state index contributed by atoms with van der Waals surface area (Å²) in [5, 5.41) is 4.54. The van der Waals surface area contributed by atoms with Crippen LogP contribution in [-0.4, -0.2) is 18.1 Å². The summed E-state index contributed by atoms with van der Waals surface area (Å²) in [6.45, 7) is 4.59. The molecule has 0 amide bonds. The van der Waals surface area contributed by atoms with E-state index >= 15 is 0 Å². The van der Waals surface area contributed by atoms with Crippen LogP contribution in [0.3, 0.4) is 0 Å². The fourth-order valence-corrected chi connectivity index (χ4v) is 2.17. The topological polar surface area (TPSA) is 34.2 Å². The lowest BCUT2D eigenvalue weighted by Gasteiger charge is -2.08. The first kappa shape index (κ1) is 10.5. The van der Waals surface area contributed by atoms with E-state index in [9.17, 15) is 0 Å². The van der Waals surface area contributed by atoms with E-state index in [1.807, 2.05) is 0 Å². The number of aromatic nitrogens is 1. The first-order chi connectivity index (χ1) is 8.36. The van der Waals surface area contributed by atoms with Crippen molar-refractivity contribution >= 4 is 10.9 Å². The average molecular weight is 228 g/mol. The van der Waals surface area contributed by atoms with Crippen molar-refractivity contribution in [2.24, 2.45) is 0 Å². The average Bonchev–Trinajstić information content (AvgIpc) is 2.60. The summed E-state index contributed by atoms with van der Waals surface area (Å²) in [6, 6.07) is 8.62. The lowest BCUT2D eigenvalue weighted by atomic mass is 10.1. The third kappa shape index (κ3) is 1.98. The first-order valence-electron chi connectivity index (χ1n) is 6.13. The van der Waals surface area contributed by atoms with Crippen LogP contribution in [0, 0.1) is 0 Å². The first-order valence-corrected chi connectivity index (χ1v) is 6.13. The van der Waals surface area contributed by atoms with Crippen LogP contribution in [0.4, 0.5) is 0 Å². The van der Waals surface area contributed by atoms with Crippen molar-refractivity contribution in [3.05, 3.63) is 35.4 Å². The molecule has 3 nitrogen and oxygen atoms in total. The lowest BCUT2D eigenvalue weighted by molar-refractivity contribution is 0.315. The van der Waals surface area contributed by atoms with Crippen molar-refractivity contribution in [1.29, 1.82) is 0 Å². The molecule has 1 N–H and O–H groups in total. The number of hydrogen-bond acceptors (Lipinski definition) is 3. The molecule has 0 atom stereocenters. The van der Waals surface area contributed by atoms with Gasteiger partial charge in [0.25, 0.3) is 0 Å². The molecule has 1 aromatic carbocycles. The molecule has 2 aromatic rings. The Hall–Kier alpha value is -1.61. The van der Waals surface area contributed by atoms with Crippen LogP contribution in [0.2, 0.25) is 0 Å². The van der Waals surface area contributed by atoms with E-state index in [1.54, 1.807) is 0 Å². The van der Waals surface area contributed by atoms with Crippen molar-refractivity contribution in [2.75, 3.05) is 13.2 Å². The highest BCUT2D eigenvalue weighted by Crippen LogP contribution is 2.24. The molecule has 0 spiro atoms. The quantitative estimate of drug-likeness (QED) is 0.813. The van der Waals surface area contributed by atoms with Crippen LogP contribution in [0.15, 0.2) is 24.3 Å². The Balaban J connectivity index is 2.15. The second-order valence-electron chi connectivity index (χ2n) is 4.36. The van der Waals surface area contributed by atoms with Crippen molar-refractivity contribution in [2.45, 2.75) is 19.9 Å². The third-order valence-corrected chi connectivity index (χ3v) is 3.16. The number of nitrogens with zero attached hydrogens (tertiary/aromatic N) is 1. The van der Waals surface area contributed by atoms with Gasteiger partial charge in [-0.15, -0.1) is 0 Å².